The average molecular weight is 381 g/mol. The first kappa shape index (κ1) is 17.1. The van der Waals surface area contributed by atoms with Gasteiger partial charge < -0.3 is 5.73 Å². The van der Waals surface area contributed by atoms with Crippen LogP contribution in [0.5, 0.6) is 0 Å². The number of nitrogens with two attached hydrogens (primary N) is 1. The molecule has 0 aliphatic rings. The largest absolute Gasteiger partial charge is 0.366 e. The summed E-state index contributed by atoms with van der Waals surface area (Å²) in [6, 6.07) is 26.5. The Morgan fingerprint density at radius 1 is 0.828 bits per heavy atom. The van der Waals surface area contributed by atoms with Gasteiger partial charge in [-0.15, -0.1) is 5.10 Å². The number of aromatic nitrogens is 2. The van der Waals surface area contributed by atoms with Crippen molar-refractivity contribution in [3.63, 3.8) is 0 Å². The van der Waals surface area contributed by atoms with E-state index < -0.39 is 11.9 Å². The van der Waals surface area contributed by atoms with Gasteiger partial charge >= 0.3 is 0 Å². The van der Waals surface area contributed by atoms with Gasteiger partial charge in [-0.1, -0.05) is 48.5 Å². The molecule has 0 unspecified atom stereocenters. The molecular weight excluding hydrogens is 365 g/mol. The molecule has 0 saturated carbocycles. The van der Waals surface area contributed by atoms with Gasteiger partial charge in [0.2, 0.25) is 11.9 Å². The minimum absolute atomic E-state index is 0.389. The Kier molecular flexibility index (Phi) is 3.88. The van der Waals surface area contributed by atoms with Crippen molar-refractivity contribution in [2.24, 2.45) is 5.73 Å². The maximum atomic E-state index is 14.1. The SMILES string of the molecule is NC(=O)c1ccc(-n2nc(F)cc2-c2ccc3c(ccc4ccccc43)c2)cc1. The predicted octanol–water partition coefficient (Wildman–Crippen LogP) is 5.08. The molecule has 1 amide bonds. The van der Waals surface area contributed by atoms with Crippen molar-refractivity contribution in [2.75, 3.05) is 0 Å². The zero-order chi connectivity index (χ0) is 20.0. The molecule has 140 valence electrons. The normalized spacial score (nSPS) is 11.2. The quantitative estimate of drug-likeness (QED) is 0.443. The van der Waals surface area contributed by atoms with Crippen LogP contribution in [0.2, 0.25) is 0 Å². The number of rotatable bonds is 3. The van der Waals surface area contributed by atoms with Crippen LogP contribution >= 0.6 is 0 Å². The number of nitrogens with zero attached hydrogens (tertiary/aromatic N) is 2. The highest BCUT2D eigenvalue weighted by Gasteiger charge is 2.13. The van der Waals surface area contributed by atoms with Gasteiger partial charge in [0.1, 0.15) is 0 Å². The summed E-state index contributed by atoms with van der Waals surface area (Å²) < 4.78 is 15.6. The number of fused-ring (bicyclic) bond motifs is 3. The van der Waals surface area contributed by atoms with Crippen LogP contribution in [0.3, 0.4) is 0 Å². The van der Waals surface area contributed by atoms with Crippen LogP contribution in [-0.2, 0) is 0 Å². The molecule has 0 aliphatic heterocycles. The van der Waals surface area contributed by atoms with Crippen molar-refractivity contribution in [3.8, 4) is 16.9 Å². The van der Waals surface area contributed by atoms with Crippen molar-refractivity contribution < 1.29 is 9.18 Å². The minimum atomic E-state index is -0.572. The summed E-state index contributed by atoms with van der Waals surface area (Å²) in [4.78, 5) is 11.3. The highest BCUT2D eigenvalue weighted by atomic mass is 19.1. The molecule has 5 heteroatoms. The van der Waals surface area contributed by atoms with Crippen LogP contribution in [0, 0.1) is 5.95 Å². The van der Waals surface area contributed by atoms with Crippen LogP contribution in [0.25, 0.3) is 38.5 Å². The molecule has 29 heavy (non-hydrogen) atoms. The molecule has 2 N–H and O–H groups in total. The molecule has 0 fully saturated rings. The molecule has 0 saturated heterocycles. The first-order chi connectivity index (χ1) is 14.1. The molecule has 5 aromatic rings. The van der Waals surface area contributed by atoms with E-state index in [9.17, 15) is 9.18 Å². The van der Waals surface area contributed by atoms with Crippen LogP contribution < -0.4 is 5.73 Å². The Bertz CT molecular complexity index is 1390. The van der Waals surface area contributed by atoms with E-state index in [-0.39, 0.29) is 0 Å². The third-order valence-electron chi connectivity index (χ3n) is 5.12. The van der Waals surface area contributed by atoms with E-state index in [1.165, 1.54) is 21.5 Å². The molecule has 0 atom stereocenters. The summed E-state index contributed by atoms with van der Waals surface area (Å²) in [5.41, 5.74) is 7.81. The van der Waals surface area contributed by atoms with E-state index in [0.717, 1.165) is 16.3 Å². The van der Waals surface area contributed by atoms with Gasteiger partial charge in [0.15, 0.2) is 0 Å². The van der Waals surface area contributed by atoms with Crippen LogP contribution in [0.4, 0.5) is 4.39 Å². The topological polar surface area (TPSA) is 60.9 Å². The fraction of sp³-hybridized carbons (Fsp3) is 0. The van der Waals surface area contributed by atoms with E-state index in [2.05, 4.69) is 35.4 Å². The third kappa shape index (κ3) is 2.93. The number of hydrogen-bond acceptors (Lipinski definition) is 2. The Balaban J connectivity index is 1.65. The van der Waals surface area contributed by atoms with E-state index in [4.69, 9.17) is 5.73 Å². The Morgan fingerprint density at radius 2 is 1.55 bits per heavy atom. The van der Waals surface area contributed by atoms with E-state index in [1.54, 1.807) is 24.3 Å². The molecule has 4 aromatic carbocycles. The zero-order valence-electron chi connectivity index (χ0n) is 15.3. The van der Waals surface area contributed by atoms with Gasteiger partial charge in [0.25, 0.3) is 0 Å². The molecular formula is C24H16FN3O. The van der Waals surface area contributed by atoms with Crippen molar-refractivity contribution in [1.82, 2.24) is 9.78 Å². The first-order valence-electron chi connectivity index (χ1n) is 9.18. The van der Waals surface area contributed by atoms with E-state index >= 15 is 0 Å². The molecule has 1 heterocycles. The molecule has 0 bridgehead atoms. The van der Waals surface area contributed by atoms with Crippen molar-refractivity contribution in [3.05, 3.63) is 96.4 Å². The second-order valence-electron chi connectivity index (χ2n) is 6.90. The number of halogens is 1. The lowest BCUT2D eigenvalue weighted by Gasteiger charge is -2.10. The fourth-order valence-electron chi connectivity index (χ4n) is 3.69. The third-order valence-corrected chi connectivity index (χ3v) is 5.12. The molecule has 0 spiro atoms. The number of benzene rings is 4. The van der Waals surface area contributed by atoms with E-state index in [1.807, 2.05) is 24.3 Å². The molecule has 0 radical (unpaired) electrons. The highest BCUT2D eigenvalue weighted by Crippen LogP contribution is 2.31. The van der Waals surface area contributed by atoms with Crippen molar-refractivity contribution in [2.45, 2.75) is 0 Å². The second kappa shape index (κ2) is 6.56. The van der Waals surface area contributed by atoms with Crippen LogP contribution in [0.15, 0.2) is 84.9 Å². The Hall–Kier alpha value is -3.99. The van der Waals surface area contributed by atoms with Crippen LogP contribution in [-0.4, -0.2) is 15.7 Å². The lowest BCUT2D eigenvalue weighted by Crippen LogP contribution is -2.10. The fourth-order valence-corrected chi connectivity index (χ4v) is 3.69. The minimum Gasteiger partial charge on any atom is -0.366 e. The smallest absolute Gasteiger partial charge is 0.248 e. The standard InChI is InChI=1S/C24H16FN3O/c25-23-14-22(28(27-23)19-10-7-16(8-11-19)24(26)29)18-9-12-21-17(13-18)6-5-15-3-1-2-4-20(15)21/h1-14H,(H2,26,29). The molecule has 5 rings (SSSR count). The maximum absolute atomic E-state index is 14.1. The molecule has 4 nitrogen and oxygen atoms in total. The van der Waals surface area contributed by atoms with Gasteiger partial charge in [-0.3, -0.25) is 4.79 Å². The number of carbonyl (C=O) groups is 1. The predicted molar refractivity (Wildman–Crippen MR) is 112 cm³/mol. The molecule has 0 aliphatic carbocycles. The Labute approximate surface area is 166 Å². The number of amides is 1. The summed E-state index contributed by atoms with van der Waals surface area (Å²) in [5, 5.41) is 8.56. The lowest BCUT2D eigenvalue weighted by molar-refractivity contribution is 0.100. The highest BCUT2D eigenvalue weighted by molar-refractivity contribution is 6.08. The van der Waals surface area contributed by atoms with Gasteiger partial charge in [-0.25, -0.2) is 4.68 Å². The lowest BCUT2D eigenvalue weighted by atomic mass is 9.99. The van der Waals surface area contributed by atoms with Gasteiger partial charge in [0.05, 0.1) is 11.4 Å². The second-order valence-corrected chi connectivity index (χ2v) is 6.90. The van der Waals surface area contributed by atoms with Crippen LogP contribution in [0.1, 0.15) is 10.4 Å². The van der Waals surface area contributed by atoms with Crippen molar-refractivity contribution in [1.29, 1.82) is 0 Å². The van der Waals surface area contributed by atoms with E-state index in [0.29, 0.717) is 16.9 Å². The summed E-state index contributed by atoms with van der Waals surface area (Å²) >= 11 is 0. The first-order valence-corrected chi connectivity index (χ1v) is 9.18. The van der Waals surface area contributed by atoms with Gasteiger partial charge in [-0.2, -0.15) is 4.39 Å². The summed E-state index contributed by atoms with van der Waals surface area (Å²) in [7, 11) is 0. The summed E-state index contributed by atoms with van der Waals surface area (Å²) in [6.45, 7) is 0. The monoisotopic (exact) mass is 381 g/mol. The van der Waals surface area contributed by atoms with Gasteiger partial charge in [-0.05, 0) is 51.9 Å². The average Bonchev–Trinajstić information content (AvgIpc) is 3.15. The molecule has 1 aromatic heterocycles. The number of hydrogen-bond donors (Lipinski definition) is 1. The number of carbonyl (C=O) groups excluding carboxylic acids is 1. The Morgan fingerprint density at radius 3 is 2.34 bits per heavy atom. The summed E-state index contributed by atoms with van der Waals surface area (Å²) in [5.74, 6) is -1.08. The summed E-state index contributed by atoms with van der Waals surface area (Å²) in [6.07, 6.45) is 0. The number of primary amides is 1. The zero-order valence-corrected chi connectivity index (χ0v) is 15.3. The van der Waals surface area contributed by atoms with Crippen molar-refractivity contribution >= 4 is 27.5 Å². The van der Waals surface area contributed by atoms with Gasteiger partial charge in [0, 0.05) is 17.2 Å². The maximum Gasteiger partial charge on any atom is 0.248 e.